The highest BCUT2D eigenvalue weighted by atomic mass is 32.2. The Balaban J connectivity index is 1.67. The predicted octanol–water partition coefficient (Wildman–Crippen LogP) is 2.85. The minimum atomic E-state index is -3.73. The van der Waals surface area contributed by atoms with Gasteiger partial charge in [0.05, 0.1) is 22.9 Å². The Labute approximate surface area is 192 Å². The highest BCUT2D eigenvalue weighted by Crippen LogP contribution is 2.30. The topological polar surface area (TPSA) is 126 Å². The molecule has 1 saturated carbocycles. The fraction of sp³-hybridized carbons (Fsp3) is 0.261. The third-order valence-electron chi connectivity index (χ3n) is 5.09. The van der Waals surface area contributed by atoms with Gasteiger partial charge in [0, 0.05) is 17.3 Å². The Morgan fingerprint density at radius 3 is 2.64 bits per heavy atom. The van der Waals surface area contributed by atoms with Crippen LogP contribution in [0, 0.1) is 0 Å². The van der Waals surface area contributed by atoms with Gasteiger partial charge in [0.2, 0.25) is 10.0 Å². The third kappa shape index (κ3) is 5.12. The van der Waals surface area contributed by atoms with E-state index < -0.39 is 21.9 Å². The lowest BCUT2D eigenvalue weighted by molar-refractivity contribution is -0.137. The standard InChI is InChI=1S/C23H24N4O5S/c1-3-32-23(29)20-14(2)24-18-9-4-5-10-19(18)25-21(20)26-22(28)15-7-6-8-17(13-15)33(30,31)27-16-11-12-16/h4-10,13,16,24,27H,3,11-12H2,1-2H3,(H,25,26,28). The smallest absolute Gasteiger partial charge is 0.343 e. The van der Waals surface area contributed by atoms with Crippen LogP contribution in [0.4, 0.5) is 11.4 Å². The van der Waals surface area contributed by atoms with Crippen LogP contribution in [0.25, 0.3) is 0 Å². The van der Waals surface area contributed by atoms with Gasteiger partial charge >= 0.3 is 5.97 Å². The maximum Gasteiger partial charge on any atom is 0.343 e. The Kier molecular flexibility index (Phi) is 6.30. The molecular weight excluding hydrogens is 444 g/mol. The molecule has 2 aromatic rings. The third-order valence-corrected chi connectivity index (χ3v) is 6.61. The Morgan fingerprint density at radius 1 is 1.15 bits per heavy atom. The van der Waals surface area contributed by atoms with E-state index in [1.54, 1.807) is 32.0 Å². The van der Waals surface area contributed by atoms with E-state index in [2.05, 4.69) is 20.3 Å². The largest absolute Gasteiger partial charge is 0.462 e. The number of carbonyl (C=O) groups excluding carboxylic acids is 2. The van der Waals surface area contributed by atoms with Gasteiger partial charge in [-0.15, -0.1) is 0 Å². The molecule has 2 aromatic carbocycles. The summed E-state index contributed by atoms with van der Waals surface area (Å²) in [6.45, 7) is 3.52. The van der Waals surface area contributed by atoms with Crippen LogP contribution >= 0.6 is 0 Å². The van der Waals surface area contributed by atoms with Crippen molar-refractivity contribution in [2.75, 3.05) is 11.9 Å². The number of hydrogen-bond acceptors (Lipinski definition) is 7. The number of allylic oxidation sites excluding steroid dienone is 1. The van der Waals surface area contributed by atoms with E-state index in [4.69, 9.17) is 4.74 Å². The second-order valence-corrected chi connectivity index (χ2v) is 9.41. The van der Waals surface area contributed by atoms with Crippen molar-refractivity contribution in [1.82, 2.24) is 10.0 Å². The maximum absolute atomic E-state index is 13.1. The van der Waals surface area contributed by atoms with E-state index in [9.17, 15) is 18.0 Å². The number of anilines is 1. The summed E-state index contributed by atoms with van der Waals surface area (Å²) >= 11 is 0. The number of para-hydroxylation sites is 2. The summed E-state index contributed by atoms with van der Waals surface area (Å²) in [5.41, 5.74) is 1.85. The zero-order valence-corrected chi connectivity index (χ0v) is 19.0. The number of nitrogens with one attached hydrogen (secondary N) is 3. The monoisotopic (exact) mass is 468 g/mol. The summed E-state index contributed by atoms with van der Waals surface area (Å²) in [5, 5.41) is 5.80. The van der Waals surface area contributed by atoms with Crippen molar-refractivity contribution in [1.29, 1.82) is 0 Å². The molecule has 4 rings (SSSR count). The number of benzene rings is 2. The number of aliphatic imine (C=N–C) groups is 1. The summed E-state index contributed by atoms with van der Waals surface area (Å²) in [6, 6.07) is 12.8. The average molecular weight is 469 g/mol. The molecule has 33 heavy (non-hydrogen) atoms. The molecule has 2 aliphatic rings. The van der Waals surface area contributed by atoms with Crippen molar-refractivity contribution < 1.29 is 22.7 Å². The minimum Gasteiger partial charge on any atom is -0.462 e. The number of carbonyl (C=O) groups is 2. The fourth-order valence-electron chi connectivity index (χ4n) is 3.31. The molecule has 9 nitrogen and oxygen atoms in total. The van der Waals surface area contributed by atoms with E-state index in [1.807, 2.05) is 6.07 Å². The van der Waals surface area contributed by atoms with Crippen molar-refractivity contribution in [3.05, 3.63) is 65.4 Å². The average Bonchev–Trinajstić information content (AvgIpc) is 3.59. The number of sulfonamides is 1. The summed E-state index contributed by atoms with van der Waals surface area (Å²) in [6.07, 6.45) is 1.61. The molecule has 0 atom stereocenters. The van der Waals surface area contributed by atoms with E-state index in [0.717, 1.165) is 12.8 Å². The lowest BCUT2D eigenvalue weighted by atomic mass is 10.1. The molecule has 0 unspecified atom stereocenters. The van der Waals surface area contributed by atoms with E-state index >= 15 is 0 Å². The zero-order valence-electron chi connectivity index (χ0n) is 18.2. The van der Waals surface area contributed by atoms with E-state index in [1.165, 1.54) is 24.3 Å². The van der Waals surface area contributed by atoms with Crippen molar-refractivity contribution in [2.45, 2.75) is 37.6 Å². The Bertz CT molecular complexity index is 1280. The van der Waals surface area contributed by atoms with Gasteiger partial charge in [-0.25, -0.2) is 22.9 Å². The van der Waals surface area contributed by atoms with Gasteiger partial charge in [-0.05, 0) is 57.0 Å². The zero-order chi connectivity index (χ0) is 23.6. The van der Waals surface area contributed by atoms with Gasteiger partial charge < -0.3 is 15.4 Å². The molecule has 3 N–H and O–H groups in total. The fourth-order valence-corrected chi connectivity index (χ4v) is 4.66. The maximum atomic E-state index is 13.1. The van der Waals surface area contributed by atoms with Gasteiger partial charge in [0.25, 0.3) is 5.91 Å². The molecule has 10 heteroatoms. The van der Waals surface area contributed by atoms with Crippen molar-refractivity contribution in [3.8, 4) is 0 Å². The van der Waals surface area contributed by atoms with Gasteiger partial charge in [-0.3, -0.25) is 4.79 Å². The van der Waals surface area contributed by atoms with Crippen LogP contribution < -0.4 is 15.4 Å². The number of fused-ring (bicyclic) bond motifs is 1. The minimum absolute atomic E-state index is 0.00536. The van der Waals surface area contributed by atoms with Crippen LogP contribution in [0.2, 0.25) is 0 Å². The van der Waals surface area contributed by atoms with Crippen molar-refractivity contribution >= 4 is 39.1 Å². The number of ether oxygens (including phenoxy) is 1. The molecule has 0 saturated heterocycles. The Hall–Kier alpha value is -3.50. The first-order valence-electron chi connectivity index (χ1n) is 10.6. The van der Waals surface area contributed by atoms with Gasteiger partial charge in [0.15, 0.2) is 0 Å². The van der Waals surface area contributed by atoms with Crippen LogP contribution in [0.1, 0.15) is 37.0 Å². The molecule has 0 bridgehead atoms. The number of nitrogens with zero attached hydrogens (tertiary/aromatic N) is 1. The van der Waals surface area contributed by atoms with Crippen LogP contribution in [0.15, 0.2) is 69.7 Å². The quantitative estimate of drug-likeness (QED) is 0.560. The van der Waals surface area contributed by atoms with Gasteiger partial charge in [-0.1, -0.05) is 18.2 Å². The van der Waals surface area contributed by atoms with Crippen LogP contribution in [-0.4, -0.2) is 38.8 Å². The molecule has 1 aliphatic carbocycles. The summed E-state index contributed by atoms with van der Waals surface area (Å²) < 4.78 is 32.9. The highest BCUT2D eigenvalue weighted by molar-refractivity contribution is 7.89. The molecule has 1 amide bonds. The number of amidine groups is 1. The van der Waals surface area contributed by atoms with E-state index in [0.29, 0.717) is 17.1 Å². The summed E-state index contributed by atoms with van der Waals surface area (Å²) in [4.78, 5) is 30.3. The second-order valence-electron chi connectivity index (χ2n) is 7.70. The van der Waals surface area contributed by atoms with E-state index in [-0.39, 0.29) is 34.5 Å². The molecule has 1 fully saturated rings. The first-order valence-corrected chi connectivity index (χ1v) is 12.0. The van der Waals surface area contributed by atoms with Crippen molar-refractivity contribution in [3.63, 3.8) is 0 Å². The number of amides is 1. The van der Waals surface area contributed by atoms with Gasteiger partial charge in [0.1, 0.15) is 11.4 Å². The van der Waals surface area contributed by atoms with Crippen LogP contribution in [0.3, 0.4) is 0 Å². The molecular formula is C23H24N4O5S. The normalized spacial score (nSPS) is 15.6. The first kappa shape index (κ1) is 22.7. The second kappa shape index (κ2) is 9.16. The summed E-state index contributed by atoms with van der Waals surface area (Å²) in [5.74, 6) is -1.23. The summed E-state index contributed by atoms with van der Waals surface area (Å²) in [7, 11) is -3.73. The Morgan fingerprint density at radius 2 is 1.91 bits per heavy atom. The SMILES string of the molecule is CCOC(=O)C1=C(C)Nc2ccccc2N=C1NC(=O)c1cccc(S(=O)(=O)NC2CC2)c1. The molecule has 172 valence electrons. The molecule has 1 aliphatic heterocycles. The predicted molar refractivity (Wildman–Crippen MR) is 124 cm³/mol. The number of rotatable bonds is 6. The lowest BCUT2D eigenvalue weighted by Crippen LogP contribution is -2.35. The highest BCUT2D eigenvalue weighted by Gasteiger charge is 2.29. The van der Waals surface area contributed by atoms with Crippen LogP contribution in [0.5, 0.6) is 0 Å². The van der Waals surface area contributed by atoms with Gasteiger partial charge in [-0.2, -0.15) is 0 Å². The molecule has 0 spiro atoms. The lowest BCUT2D eigenvalue weighted by Gasteiger charge is -2.14. The number of hydrogen-bond donors (Lipinski definition) is 3. The number of esters is 1. The van der Waals surface area contributed by atoms with Crippen LogP contribution in [-0.2, 0) is 19.6 Å². The molecule has 0 aromatic heterocycles. The van der Waals surface area contributed by atoms with Crippen molar-refractivity contribution in [2.24, 2.45) is 4.99 Å². The first-order chi connectivity index (χ1) is 15.8. The molecule has 1 heterocycles. The molecule has 0 radical (unpaired) electrons.